The normalized spacial score (nSPS) is 18.5. The average Bonchev–Trinajstić information content (AvgIpc) is 3.39. The van der Waals surface area contributed by atoms with Crippen LogP contribution in [0.3, 0.4) is 0 Å². The van der Waals surface area contributed by atoms with Crippen LogP contribution >= 0.6 is 0 Å². The zero-order chi connectivity index (χ0) is 54.7. The Morgan fingerprint density at radius 2 is 0.800 bits per heavy atom. The highest BCUT2D eigenvalue weighted by Crippen LogP contribution is 2.26. The molecule has 0 aliphatic carbocycles. The number of carboxylic acids is 1. The molecule has 0 aromatic rings. The van der Waals surface area contributed by atoms with Gasteiger partial charge in [0.25, 0.3) is 0 Å². The zero-order valence-corrected chi connectivity index (χ0v) is 47.5. The van der Waals surface area contributed by atoms with E-state index in [1.54, 1.807) is 0 Å². The average molecular weight is 1060 g/mol. The van der Waals surface area contributed by atoms with Crippen molar-refractivity contribution in [1.82, 2.24) is 0 Å². The minimum atomic E-state index is -1.91. The van der Waals surface area contributed by atoms with Gasteiger partial charge in [-0.2, -0.15) is 0 Å². The number of carbonyl (C=O) groups is 4. The molecule has 1 aliphatic rings. The van der Waals surface area contributed by atoms with Crippen molar-refractivity contribution >= 4 is 23.9 Å². The van der Waals surface area contributed by atoms with E-state index in [0.29, 0.717) is 19.3 Å². The van der Waals surface area contributed by atoms with Crippen molar-refractivity contribution in [2.75, 3.05) is 13.2 Å². The molecule has 0 bridgehead atoms. The molecule has 0 spiro atoms. The minimum Gasteiger partial charge on any atom is -0.479 e. The van der Waals surface area contributed by atoms with Gasteiger partial charge < -0.3 is 39.0 Å². The van der Waals surface area contributed by atoms with Gasteiger partial charge in [-0.15, -0.1) is 0 Å². The van der Waals surface area contributed by atoms with Gasteiger partial charge in [0.05, 0.1) is 6.61 Å². The number of esters is 3. The van der Waals surface area contributed by atoms with Crippen molar-refractivity contribution in [1.29, 1.82) is 0 Å². The van der Waals surface area contributed by atoms with Gasteiger partial charge in [0, 0.05) is 19.3 Å². The van der Waals surface area contributed by atoms with Crippen LogP contribution in [0.15, 0.2) is 60.8 Å². The van der Waals surface area contributed by atoms with E-state index in [4.69, 9.17) is 23.7 Å². The lowest BCUT2D eigenvalue weighted by Crippen LogP contribution is -2.61. The molecule has 432 valence electrons. The molecule has 0 radical (unpaired) electrons. The maximum absolute atomic E-state index is 13.1. The molecule has 75 heavy (non-hydrogen) atoms. The Labute approximate surface area is 456 Å². The first-order valence-electron chi connectivity index (χ1n) is 30.3. The number of aliphatic hydroxyl groups excluding tert-OH is 2. The number of hydrogen-bond acceptors (Lipinski definition) is 11. The molecule has 0 saturated carbocycles. The van der Waals surface area contributed by atoms with Crippen molar-refractivity contribution < 1.29 is 58.2 Å². The van der Waals surface area contributed by atoms with Gasteiger partial charge in [0.1, 0.15) is 18.8 Å². The fraction of sp³-hybridized carbons (Fsp3) is 0.778. The predicted octanol–water partition coefficient (Wildman–Crippen LogP) is 15.6. The van der Waals surface area contributed by atoms with E-state index in [1.807, 2.05) is 0 Å². The van der Waals surface area contributed by atoms with Crippen molar-refractivity contribution in [3.8, 4) is 0 Å². The van der Waals surface area contributed by atoms with Crippen LogP contribution in [0.2, 0.25) is 0 Å². The summed E-state index contributed by atoms with van der Waals surface area (Å²) in [5.74, 6) is -3.14. The number of ether oxygens (including phenoxy) is 5. The Morgan fingerprint density at radius 3 is 1.24 bits per heavy atom. The maximum Gasteiger partial charge on any atom is 0.335 e. The topological polar surface area (TPSA) is 175 Å². The second-order valence-corrected chi connectivity index (χ2v) is 20.6. The molecule has 1 rings (SSSR count). The molecule has 1 heterocycles. The smallest absolute Gasteiger partial charge is 0.335 e. The van der Waals surface area contributed by atoms with Crippen LogP contribution in [0.4, 0.5) is 0 Å². The molecule has 0 amide bonds. The van der Waals surface area contributed by atoms with Crippen LogP contribution in [-0.2, 0) is 42.9 Å². The Hall–Kier alpha value is -3.58. The second kappa shape index (κ2) is 51.2. The summed E-state index contributed by atoms with van der Waals surface area (Å²) in [7, 11) is 0. The number of rotatable bonds is 51. The van der Waals surface area contributed by atoms with E-state index in [2.05, 4.69) is 81.5 Å². The summed E-state index contributed by atoms with van der Waals surface area (Å²) in [4.78, 5) is 51.0. The van der Waals surface area contributed by atoms with Crippen LogP contribution in [-0.4, -0.2) is 89.2 Å². The number of carboxylic acid groups (broad SMARTS) is 1. The number of aliphatic hydroxyl groups is 2. The first-order valence-corrected chi connectivity index (χ1v) is 30.3. The van der Waals surface area contributed by atoms with E-state index in [1.165, 1.54) is 77.0 Å². The lowest BCUT2D eigenvalue weighted by molar-refractivity contribution is -0.301. The van der Waals surface area contributed by atoms with Gasteiger partial charge in [-0.25, -0.2) is 4.79 Å². The lowest BCUT2D eigenvalue weighted by atomic mass is 9.98. The van der Waals surface area contributed by atoms with Crippen LogP contribution in [0, 0.1) is 0 Å². The first-order chi connectivity index (χ1) is 36.6. The summed E-state index contributed by atoms with van der Waals surface area (Å²) >= 11 is 0. The lowest BCUT2D eigenvalue weighted by Gasteiger charge is -2.40. The number of hydrogen-bond donors (Lipinski definition) is 3. The Morgan fingerprint density at radius 1 is 0.440 bits per heavy atom. The summed E-state index contributed by atoms with van der Waals surface area (Å²) in [6.45, 7) is 5.91. The van der Waals surface area contributed by atoms with Gasteiger partial charge >= 0.3 is 23.9 Å². The molecule has 12 nitrogen and oxygen atoms in total. The van der Waals surface area contributed by atoms with Gasteiger partial charge in [-0.1, -0.05) is 216 Å². The molecule has 12 heteroatoms. The molecule has 1 fully saturated rings. The fourth-order valence-electron chi connectivity index (χ4n) is 8.88. The van der Waals surface area contributed by atoms with E-state index in [0.717, 1.165) is 128 Å². The SMILES string of the molecule is CCCCC/C=C\C/C=C\C/C=C\CCCCCCCCC(=O)OCC(COC1OC(C(=O)O)C(O)C(O)C1OC(=O)CCCCCCCCC/C=C\C/C=C\CCCCC)OC(=O)CCCCCCCCCCC. The van der Waals surface area contributed by atoms with Crippen LogP contribution in [0.25, 0.3) is 0 Å². The molecule has 1 aliphatic heterocycles. The largest absolute Gasteiger partial charge is 0.479 e. The Kier molecular flexibility index (Phi) is 47.4. The third-order valence-corrected chi connectivity index (χ3v) is 13.6. The van der Waals surface area contributed by atoms with Crippen molar-refractivity contribution in [3.63, 3.8) is 0 Å². The van der Waals surface area contributed by atoms with Crippen LogP contribution < -0.4 is 0 Å². The minimum absolute atomic E-state index is 0.0507. The van der Waals surface area contributed by atoms with Crippen molar-refractivity contribution in [2.24, 2.45) is 0 Å². The van der Waals surface area contributed by atoms with Gasteiger partial charge in [0.2, 0.25) is 0 Å². The monoisotopic (exact) mass is 1060 g/mol. The van der Waals surface area contributed by atoms with E-state index in [9.17, 15) is 34.5 Å². The van der Waals surface area contributed by atoms with E-state index < -0.39 is 67.3 Å². The van der Waals surface area contributed by atoms with Crippen LogP contribution in [0.5, 0.6) is 0 Å². The van der Waals surface area contributed by atoms with Crippen molar-refractivity contribution in [3.05, 3.63) is 60.8 Å². The number of carbonyl (C=O) groups excluding carboxylic acids is 3. The third-order valence-electron chi connectivity index (χ3n) is 13.6. The second-order valence-electron chi connectivity index (χ2n) is 20.6. The molecular weight excluding hydrogens is 949 g/mol. The standard InChI is InChI=1S/C63H108O12/c1-4-7-10-13-16-19-21-23-25-27-28-30-31-33-35-38-40-43-46-49-55(64)71-52-54(73-56(65)50-47-44-41-37-18-15-12-9-6-3)53-72-63-61(59(68)58(67)60(75-63)62(69)70)74-57(66)51-48-45-42-39-36-34-32-29-26-24-22-20-17-14-11-8-5-2/h16-17,19-20,23-26,28,30,54,58-61,63,67-68H,4-15,18,21-22,27,29,31-53H2,1-3H3,(H,69,70)/b19-16-,20-17-,25-23-,26-24-,30-28-. The fourth-order valence-corrected chi connectivity index (χ4v) is 8.88. The molecular formula is C63H108O12. The highest BCUT2D eigenvalue weighted by molar-refractivity contribution is 5.74. The highest BCUT2D eigenvalue weighted by atomic mass is 16.7. The molecule has 0 aromatic heterocycles. The van der Waals surface area contributed by atoms with Crippen LogP contribution in [0.1, 0.15) is 265 Å². The number of allylic oxidation sites excluding steroid dienone is 10. The summed E-state index contributed by atoms with van der Waals surface area (Å²) in [6, 6.07) is 0. The molecule has 3 N–H and O–H groups in total. The number of aliphatic carboxylic acids is 1. The third kappa shape index (κ3) is 41.2. The first kappa shape index (κ1) is 69.4. The Balaban J connectivity index is 2.63. The van der Waals surface area contributed by atoms with Crippen molar-refractivity contribution in [2.45, 2.75) is 302 Å². The zero-order valence-electron chi connectivity index (χ0n) is 47.5. The van der Waals surface area contributed by atoms with E-state index >= 15 is 0 Å². The quantitative estimate of drug-likeness (QED) is 0.0228. The predicted molar refractivity (Wildman–Crippen MR) is 303 cm³/mol. The molecule has 6 unspecified atom stereocenters. The molecule has 0 aromatic carbocycles. The van der Waals surface area contributed by atoms with Gasteiger partial charge in [-0.3, -0.25) is 14.4 Å². The summed E-state index contributed by atoms with van der Waals surface area (Å²) in [5.41, 5.74) is 0. The van der Waals surface area contributed by atoms with Gasteiger partial charge in [-0.05, 0) is 89.9 Å². The molecule has 1 saturated heterocycles. The summed E-state index contributed by atoms with van der Waals surface area (Å²) < 4.78 is 28.4. The number of unbranched alkanes of at least 4 members (excludes halogenated alkanes) is 27. The van der Waals surface area contributed by atoms with Gasteiger partial charge in [0.15, 0.2) is 24.6 Å². The molecule has 6 atom stereocenters. The maximum atomic E-state index is 13.1. The summed E-state index contributed by atoms with van der Waals surface area (Å²) in [6.07, 6.45) is 50.5. The summed E-state index contributed by atoms with van der Waals surface area (Å²) in [5, 5.41) is 31.5. The highest BCUT2D eigenvalue weighted by Gasteiger charge is 2.50. The Bertz CT molecular complexity index is 1540. The van der Waals surface area contributed by atoms with E-state index in [-0.39, 0.29) is 25.9 Å².